The normalized spacial score (nSPS) is 12.2. The molecule has 1 unspecified atom stereocenters. The number of hydrogen-bond acceptors (Lipinski definition) is 4. The Labute approximate surface area is 204 Å². The van der Waals surface area contributed by atoms with Gasteiger partial charge in [-0.1, -0.05) is 71.6 Å². The van der Waals surface area contributed by atoms with Crippen molar-refractivity contribution in [1.29, 1.82) is 0 Å². The fraction of sp³-hybridized carbons (Fsp3) is 0.630. The van der Waals surface area contributed by atoms with Gasteiger partial charge in [-0.3, -0.25) is 9.78 Å². The first-order chi connectivity index (χ1) is 15.6. The summed E-state index contributed by atoms with van der Waals surface area (Å²) >= 11 is 3.53. The average molecular weight is 475 g/mol. The van der Waals surface area contributed by atoms with Crippen LogP contribution >= 0.6 is 23.5 Å². The van der Waals surface area contributed by atoms with E-state index in [1.807, 2.05) is 24.0 Å². The minimum atomic E-state index is 0.0190. The second-order valence-corrected chi connectivity index (χ2v) is 10.8. The van der Waals surface area contributed by atoms with Crippen LogP contribution in [0.2, 0.25) is 0 Å². The van der Waals surface area contributed by atoms with Crippen molar-refractivity contribution in [1.82, 2.24) is 4.98 Å². The van der Waals surface area contributed by atoms with Gasteiger partial charge >= 0.3 is 0 Å². The van der Waals surface area contributed by atoms with Crippen LogP contribution in [0, 0.1) is 6.92 Å². The Hall–Kier alpha value is -1.20. The maximum Gasteiger partial charge on any atom is 0.237 e. The SMILES string of the molecule is CCCCCCCCC(SCCCCCC)C(=O)Nc1c(SC)ccc2ncc(C)cc12. The topological polar surface area (TPSA) is 42.0 Å². The van der Waals surface area contributed by atoms with Crippen LogP contribution in [0.15, 0.2) is 29.3 Å². The Morgan fingerprint density at radius 3 is 2.41 bits per heavy atom. The molecule has 0 aliphatic carbocycles. The van der Waals surface area contributed by atoms with Gasteiger partial charge in [-0.25, -0.2) is 0 Å². The first kappa shape index (κ1) is 27.0. The number of thioether (sulfide) groups is 2. The highest BCUT2D eigenvalue weighted by atomic mass is 32.2. The number of carbonyl (C=O) groups excluding carboxylic acids is 1. The molecule has 1 amide bonds. The van der Waals surface area contributed by atoms with Crippen LogP contribution in [0.1, 0.15) is 90.0 Å². The van der Waals surface area contributed by atoms with E-state index in [0.29, 0.717) is 0 Å². The van der Waals surface area contributed by atoms with E-state index in [9.17, 15) is 4.79 Å². The fourth-order valence-electron chi connectivity index (χ4n) is 3.94. The lowest BCUT2D eigenvalue weighted by Gasteiger charge is -2.19. The molecule has 0 saturated heterocycles. The first-order valence-corrected chi connectivity index (χ1v) is 14.7. The number of amides is 1. The lowest BCUT2D eigenvalue weighted by Crippen LogP contribution is -2.26. The summed E-state index contributed by atoms with van der Waals surface area (Å²) in [6.07, 6.45) is 17.5. The van der Waals surface area contributed by atoms with Crippen molar-refractivity contribution >= 4 is 46.0 Å². The Balaban J connectivity index is 2.09. The van der Waals surface area contributed by atoms with E-state index >= 15 is 0 Å². The molecule has 1 aromatic heterocycles. The summed E-state index contributed by atoms with van der Waals surface area (Å²) in [4.78, 5) is 19.1. The van der Waals surface area contributed by atoms with Gasteiger partial charge in [0, 0.05) is 16.5 Å². The Bertz CT molecular complexity index is 825. The molecule has 1 N–H and O–H groups in total. The molecule has 1 aromatic carbocycles. The second-order valence-electron chi connectivity index (χ2n) is 8.69. The quantitative estimate of drug-likeness (QED) is 0.195. The van der Waals surface area contributed by atoms with Crippen LogP contribution in [-0.2, 0) is 4.79 Å². The summed E-state index contributed by atoms with van der Waals surface area (Å²) in [5.41, 5.74) is 2.97. The van der Waals surface area contributed by atoms with Gasteiger partial charge in [0.15, 0.2) is 0 Å². The van der Waals surface area contributed by atoms with E-state index in [0.717, 1.165) is 45.6 Å². The maximum absolute atomic E-state index is 13.4. The molecule has 0 aliphatic rings. The molecule has 0 aliphatic heterocycles. The zero-order chi connectivity index (χ0) is 23.2. The number of anilines is 1. The number of nitrogens with one attached hydrogen (secondary N) is 1. The molecule has 0 fully saturated rings. The van der Waals surface area contributed by atoms with Crippen molar-refractivity contribution in [2.75, 3.05) is 17.3 Å². The summed E-state index contributed by atoms with van der Waals surface area (Å²) in [7, 11) is 0. The monoisotopic (exact) mass is 474 g/mol. The molecule has 0 radical (unpaired) electrons. The number of hydrogen-bond donors (Lipinski definition) is 1. The highest BCUT2D eigenvalue weighted by molar-refractivity contribution is 8.00. The Morgan fingerprint density at radius 2 is 1.69 bits per heavy atom. The van der Waals surface area contributed by atoms with Gasteiger partial charge in [0.25, 0.3) is 0 Å². The number of benzene rings is 1. The zero-order valence-electron chi connectivity index (χ0n) is 20.5. The fourth-order valence-corrected chi connectivity index (χ4v) is 5.71. The lowest BCUT2D eigenvalue weighted by molar-refractivity contribution is -0.115. The van der Waals surface area contributed by atoms with Gasteiger partial charge in [-0.2, -0.15) is 0 Å². The number of fused-ring (bicyclic) bond motifs is 1. The molecule has 178 valence electrons. The molecular weight excluding hydrogens is 432 g/mol. The summed E-state index contributed by atoms with van der Waals surface area (Å²) in [6.45, 7) is 6.55. The van der Waals surface area contributed by atoms with Gasteiger partial charge in [0.2, 0.25) is 5.91 Å². The summed E-state index contributed by atoms with van der Waals surface area (Å²) in [5, 5.41) is 4.38. The van der Waals surface area contributed by atoms with Crippen molar-refractivity contribution in [2.45, 2.75) is 102 Å². The first-order valence-electron chi connectivity index (χ1n) is 12.5. The number of nitrogens with zero attached hydrogens (tertiary/aromatic N) is 1. The average Bonchev–Trinajstić information content (AvgIpc) is 2.80. The van der Waals surface area contributed by atoms with E-state index in [1.54, 1.807) is 11.8 Å². The number of pyridine rings is 1. The van der Waals surface area contributed by atoms with Gasteiger partial charge in [-0.15, -0.1) is 23.5 Å². The summed E-state index contributed by atoms with van der Waals surface area (Å²) < 4.78 is 0. The third kappa shape index (κ3) is 8.97. The predicted octanol–water partition coefficient (Wildman–Crippen LogP) is 8.64. The molecule has 2 rings (SSSR count). The number of rotatable bonds is 16. The van der Waals surface area contributed by atoms with Gasteiger partial charge in [0.1, 0.15) is 0 Å². The van der Waals surface area contributed by atoms with Crippen LogP contribution in [-0.4, -0.2) is 28.1 Å². The summed E-state index contributed by atoms with van der Waals surface area (Å²) in [5.74, 6) is 1.22. The smallest absolute Gasteiger partial charge is 0.237 e. The summed E-state index contributed by atoms with van der Waals surface area (Å²) in [6, 6.07) is 6.26. The second kappa shape index (κ2) is 15.6. The van der Waals surface area contributed by atoms with Crippen LogP contribution < -0.4 is 5.32 Å². The third-order valence-corrected chi connectivity index (χ3v) is 8.02. The highest BCUT2D eigenvalue weighted by Crippen LogP contribution is 2.34. The van der Waals surface area contributed by atoms with E-state index in [4.69, 9.17) is 0 Å². The van der Waals surface area contributed by atoms with E-state index in [2.05, 4.69) is 49.5 Å². The minimum Gasteiger partial charge on any atom is -0.324 e. The largest absolute Gasteiger partial charge is 0.324 e. The van der Waals surface area contributed by atoms with Crippen LogP contribution in [0.3, 0.4) is 0 Å². The molecular formula is C27H42N2OS2. The minimum absolute atomic E-state index is 0.0190. The number of aryl methyl sites for hydroxylation is 1. The molecule has 3 nitrogen and oxygen atoms in total. The van der Waals surface area contributed by atoms with Gasteiger partial charge < -0.3 is 5.32 Å². The van der Waals surface area contributed by atoms with Gasteiger partial charge in [0.05, 0.1) is 16.5 Å². The van der Waals surface area contributed by atoms with Gasteiger partial charge in [-0.05, 0) is 55.5 Å². The molecule has 0 spiro atoms. The van der Waals surface area contributed by atoms with Crippen LogP contribution in [0.5, 0.6) is 0 Å². The van der Waals surface area contributed by atoms with E-state index < -0.39 is 0 Å². The number of aromatic nitrogens is 1. The number of carbonyl (C=O) groups is 1. The standard InChI is InChI=1S/C27H42N2OS2/c1-5-7-9-11-12-13-15-25(32-18-14-10-8-6-2)27(30)29-26-22-19-21(3)20-28-23(22)16-17-24(26)31-4/h16-17,19-20,25H,5-15,18H2,1-4H3,(H,29,30). The third-order valence-electron chi connectivity index (χ3n) is 5.86. The molecule has 32 heavy (non-hydrogen) atoms. The highest BCUT2D eigenvalue weighted by Gasteiger charge is 2.21. The molecule has 0 saturated carbocycles. The van der Waals surface area contributed by atoms with Crippen molar-refractivity contribution < 1.29 is 4.79 Å². The van der Waals surface area contributed by atoms with E-state index in [1.165, 1.54) is 57.8 Å². The lowest BCUT2D eigenvalue weighted by atomic mass is 10.1. The molecule has 5 heteroatoms. The van der Waals surface area contributed by atoms with E-state index in [-0.39, 0.29) is 11.2 Å². The Morgan fingerprint density at radius 1 is 1.00 bits per heavy atom. The van der Waals surface area contributed by atoms with Crippen molar-refractivity contribution in [3.05, 3.63) is 30.0 Å². The van der Waals surface area contributed by atoms with Crippen molar-refractivity contribution in [3.63, 3.8) is 0 Å². The zero-order valence-corrected chi connectivity index (χ0v) is 22.2. The van der Waals surface area contributed by atoms with Crippen LogP contribution in [0.4, 0.5) is 5.69 Å². The molecule has 1 atom stereocenters. The molecule has 0 bridgehead atoms. The van der Waals surface area contributed by atoms with Crippen molar-refractivity contribution in [2.24, 2.45) is 0 Å². The molecule has 1 heterocycles. The Kier molecular flexibility index (Phi) is 13.2. The number of unbranched alkanes of at least 4 members (excludes halogenated alkanes) is 8. The predicted molar refractivity (Wildman–Crippen MR) is 145 cm³/mol. The maximum atomic E-state index is 13.4. The van der Waals surface area contributed by atoms with Crippen LogP contribution in [0.25, 0.3) is 10.9 Å². The molecule has 2 aromatic rings. The van der Waals surface area contributed by atoms with Crippen molar-refractivity contribution in [3.8, 4) is 0 Å².